The van der Waals surface area contributed by atoms with Crippen LogP contribution >= 0.6 is 0 Å². The normalized spacial score (nSPS) is 12.6. The van der Waals surface area contributed by atoms with Crippen LogP contribution in [0.5, 0.6) is 0 Å². The Balaban J connectivity index is 3.08. The number of aryl methyl sites for hydroxylation is 1. The van der Waals surface area contributed by atoms with Gasteiger partial charge in [-0.3, -0.25) is 0 Å². The van der Waals surface area contributed by atoms with Gasteiger partial charge in [-0.25, -0.2) is 4.39 Å². The Hall–Kier alpha value is -1.15. The topological polar surface area (TPSA) is 20.2 Å². The maximum atomic E-state index is 12.7. The summed E-state index contributed by atoms with van der Waals surface area (Å²) in [4.78, 5) is 0. The van der Waals surface area contributed by atoms with Gasteiger partial charge in [-0.15, -0.1) is 0 Å². The molecule has 1 N–H and O–H groups in total. The van der Waals surface area contributed by atoms with E-state index in [0.717, 1.165) is 5.56 Å². The molecule has 0 aliphatic carbocycles. The van der Waals surface area contributed by atoms with Crippen LogP contribution in [-0.4, -0.2) is 5.11 Å². The number of hydrogen-bond donors (Lipinski definition) is 1. The van der Waals surface area contributed by atoms with Crippen LogP contribution in [0.25, 0.3) is 0 Å². The first-order valence-electron chi connectivity index (χ1n) is 4.12. The van der Waals surface area contributed by atoms with Crippen LogP contribution in [0.1, 0.15) is 24.2 Å². The molecule has 0 amide bonds. The zero-order valence-electron chi connectivity index (χ0n) is 7.84. The molecule has 1 rings (SSSR count). The van der Waals surface area contributed by atoms with Crippen molar-refractivity contribution < 1.29 is 9.50 Å². The molecule has 0 saturated carbocycles. The van der Waals surface area contributed by atoms with Crippen LogP contribution in [-0.2, 0) is 0 Å². The number of halogens is 1. The number of benzene rings is 1. The van der Waals surface area contributed by atoms with Gasteiger partial charge in [0, 0.05) is 0 Å². The highest BCUT2D eigenvalue weighted by Gasteiger charge is 2.10. The largest absolute Gasteiger partial charge is 0.384 e. The molecule has 0 bridgehead atoms. The van der Waals surface area contributed by atoms with Gasteiger partial charge in [0.25, 0.3) is 0 Å². The Labute approximate surface area is 77.5 Å². The summed E-state index contributed by atoms with van der Waals surface area (Å²) in [6, 6.07) is 4.33. The van der Waals surface area contributed by atoms with E-state index in [1.165, 1.54) is 12.1 Å². The third kappa shape index (κ3) is 2.16. The number of aliphatic hydroxyl groups is 1. The maximum absolute atomic E-state index is 12.7. The summed E-state index contributed by atoms with van der Waals surface area (Å²) in [5.74, 6) is -0.282. The number of rotatable bonds is 2. The zero-order valence-corrected chi connectivity index (χ0v) is 7.84. The molecule has 0 aromatic heterocycles. The molecule has 0 fully saturated rings. The van der Waals surface area contributed by atoms with Gasteiger partial charge in [0.1, 0.15) is 5.82 Å². The molecule has 0 radical (unpaired) electrons. The minimum absolute atomic E-state index is 0.282. The van der Waals surface area contributed by atoms with E-state index in [0.29, 0.717) is 11.1 Å². The van der Waals surface area contributed by atoms with Gasteiger partial charge < -0.3 is 5.11 Å². The molecule has 1 nitrogen and oxygen atoms in total. The first-order valence-corrected chi connectivity index (χ1v) is 4.12. The Morgan fingerprint density at radius 2 is 2.15 bits per heavy atom. The van der Waals surface area contributed by atoms with Gasteiger partial charge in [-0.2, -0.15) is 0 Å². The monoisotopic (exact) mass is 180 g/mol. The average molecular weight is 180 g/mol. The van der Waals surface area contributed by atoms with Gasteiger partial charge in [0.05, 0.1) is 6.10 Å². The van der Waals surface area contributed by atoms with Crippen molar-refractivity contribution in [3.63, 3.8) is 0 Å². The Morgan fingerprint density at radius 1 is 1.54 bits per heavy atom. The average Bonchev–Trinajstić information content (AvgIpc) is 2.03. The van der Waals surface area contributed by atoms with Crippen molar-refractivity contribution in [3.05, 3.63) is 47.3 Å². The van der Waals surface area contributed by atoms with Crippen LogP contribution in [0.2, 0.25) is 0 Å². The predicted octanol–water partition coefficient (Wildman–Crippen LogP) is 2.74. The van der Waals surface area contributed by atoms with E-state index in [4.69, 9.17) is 0 Å². The first-order chi connectivity index (χ1) is 6.02. The molecular formula is C11H13FO. The summed E-state index contributed by atoms with van der Waals surface area (Å²) in [7, 11) is 0. The van der Waals surface area contributed by atoms with Crippen molar-refractivity contribution in [2.45, 2.75) is 20.0 Å². The van der Waals surface area contributed by atoms with Crippen molar-refractivity contribution in [2.75, 3.05) is 0 Å². The Morgan fingerprint density at radius 3 is 2.62 bits per heavy atom. The van der Waals surface area contributed by atoms with E-state index in [9.17, 15) is 9.50 Å². The molecule has 0 aliphatic heterocycles. The van der Waals surface area contributed by atoms with E-state index in [1.54, 1.807) is 19.9 Å². The molecule has 1 atom stereocenters. The minimum atomic E-state index is -0.694. The van der Waals surface area contributed by atoms with Crippen molar-refractivity contribution in [1.82, 2.24) is 0 Å². The Bertz CT molecular complexity index is 331. The van der Waals surface area contributed by atoms with Crippen molar-refractivity contribution in [3.8, 4) is 0 Å². The fourth-order valence-corrected chi connectivity index (χ4v) is 1.21. The van der Waals surface area contributed by atoms with Gasteiger partial charge >= 0.3 is 0 Å². The lowest BCUT2D eigenvalue weighted by Crippen LogP contribution is -2.00. The van der Waals surface area contributed by atoms with Crippen molar-refractivity contribution >= 4 is 0 Å². The van der Waals surface area contributed by atoms with Crippen molar-refractivity contribution in [1.29, 1.82) is 0 Å². The van der Waals surface area contributed by atoms with Gasteiger partial charge in [0.15, 0.2) is 0 Å². The molecule has 2 heteroatoms. The smallest absolute Gasteiger partial charge is 0.123 e. The highest BCUT2D eigenvalue weighted by Crippen LogP contribution is 2.23. The van der Waals surface area contributed by atoms with Crippen LogP contribution < -0.4 is 0 Å². The predicted molar refractivity (Wildman–Crippen MR) is 50.9 cm³/mol. The highest BCUT2D eigenvalue weighted by molar-refractivity contribution is 5.32. The van der Waals surface area contributed by atoms with Crippen LogP contribution in [0.4, 0.5) is 4.39 Å². The molecule has 0 aliphatic rings. The lowest BCUT2D eigenvalue weighted by atomic mass is 9.99. The molecule has 13 heavy (non-hydrogen) atoms. The third-order valence-corrected chi connectivity index (χ3v) is 1.99. The first kappa shape index (κ1) is 9.93. The quantitative estimate of drug-likeness (QED) is 0.694. The third-order valence-electron chi connectivity index (χ3n) is 1.99. The fraction of sp³-hybridized carbons (Fsp3) is 0.273. The van der Waals surface area contributed by atoms with E-state index >= 15 is 0 Å². The summed E-state index contributed by atoms with van der Waals surface area (Å²) >= 11 is 0. The lowest BCUT2D eigenvalue weighted by Gasteiger charge is -2.13. The van der Waals surface area contributed by atoms with Crippen LogP contribution in [0.15, 0.2) is 30.4 Å². The molecule has 1 unspecified atom stereocenters. The summed E-state index contributed by atoms with van der Waals surface area (Å²) in [5, 5.41) is 9.65. The summed E-state index contributed by atoms with van der Waals surface area (Å²) in [5.41, 5.74) is 2.12. The zero-order chi connectivity index (χ0) is 10.0. The van der Waals surface area contributed by atoms with Gasteiger partial charge in [-0.05, 0) is 42.7 Å². The Kier molecular flexibility index (Phi) is 2.83. The van der Waals surface area contributed by atoms with E-state index in [-0.39, 0.29) is 5.82 Å². The minimum Gasteiger partial charge on any atom is -0.384 e. The molecule has 0 heterocycles. The van der Waals surface area contributed by atoms with E-state index < -0.39 is 6.10 Å². The molecule has 1 aromatic rings. The summed E-state index contributed by atoms with van der Waals surface area (Å²) < 4.78 is 12.7. The highest BCUT2D eigenvalue weighted by atomic mass is 19.1. The van der Waals surface area contributed by atoms with Gasteiger partial charge in [-0.1, -0.05) is 12.6 Å². The second-order valence-corrected chi connectivity index (χ2v) is 3.25. The molecule has 0 spiro atoms. The van der Waals surface area contributed by atoms with E-state index in [2.05, 4.69) is 6.58 Å². The molecule has 70 valence electrons. The summed E-state index contributed by atoms with van der Waals surface area (Å²) in [6.45, 7) is 7.16. The second kappa shape index (κ2) is 3.71. The standard InChI is InChI=1S/C11H13FO/c1-7(2)11(13)10-5-4-9(12)6-8(10)3/h4-6,11,13H,1H2,2-3H3. The SMILES string of the molecule is C=C(C)C(O)c1ccc(F)cc1C. The molecule has 1 aromatic carbocycles. The van der Waals surface area contributed by atoms with Crippen LogP contribution in [0, 0.1) is 12.7 Å². The summed E-state index contributed by atoms with van der Waals surface area (Å²) in [6.07, 6.45) is -0.694. The van der Waals surface area contributed by atoms with Gasteiger partial charge in [0.2, 0.25) is 0 Å². The van der Waals surface area contributed by atoms with Crippen molar-refractivity contribution in [2.24, 2.45) is 0 Å². The van der Waals surface area contributed by atoms with E-state index in [1.807, 2.05) is 0 Å². The van der Waals surface area contributed by atoms with Crippen LogP contribution in [0.3, 0.4) is 0 Å². The molecular weight excluding hydrogens is 167 g/mol. The second-order valence-electron chi connectivity index (χ2n) is 3.25. The lowest BCUT2D eigenvalue weighted by molar-refractivity contribution is 0.215. The number of aliphatic hydroxyl groups excluding tert-OH is 1. The molecule has 0 saturated heterocycles. The fourth-order valence-electron chi connectivity index (χ4n) is 1.21. The number of hydrogen-bond acceptors (Lipinski definition) is 1. The maximum Gasteiger partial charge on any atom is 0.123 e.